The van der Waals surface area contributed by atoms with E-state index in [1.54, 1.807) is 37.4 Å². The van der Waals surface area contributed by atoms with Crippen molar-refractivity contribution in [1.29, 1.82) is 0 Å². The third-order valence-corrected chi connectivity index (χ3v) is 4.82. The minimum absolute atomic E-state index is 0.0413. The Balaban J connectivity index is 2.12. The zero-order valence-electron chi connectivity index (χ0n) is 14.4. The summed E-state index contributed by atoms with van der Waals surface area (Å²) in [5.41, 5.74) is 0.396. The van der Waals surface area contributed by atoms with Crippen molar-refractivity contribution in [3.63, 3.8) is 0 Å². The number of nitrogens with zero attached hydrogens (tertiary/aromatic N) is 2. The summed E-state index contributed by atoms with van der Waals surface area (Å²) in [7, 11) is 1.61. The summed E-state index contributed by atoms with van der Waals surface area (Å²) in [4.78, 5) is 3.87. The van der Waals surface area contributed by atoms with Crippen molar-refractivity contribution in [3.8, 4) is 0 Å². The second-order valence-corrected chi connectivity index (χ2v) is 7.41. The molecule has 1 aromatic carbocycles. The van der Waals surface area contributed by atoms with Crippen LogP contribution in [0.4, 0.5) is 13.2 Å². The molecule has 0 saturated carbocycles. The molecule has 0 spiro atoms. The number of benzene rings is 1. The van der Waals surface area contributed by atoms with Gasteiger partial charge in [-0.25, -0.2) is 0 Å². The van der Waals surface area contributed by atoms with Crippen LogP contribution in [0, 0.1) is 0 Å². The predicted octanol–water partition coefficient (Wildman–Crippen LogP) is 4.48. The molecule has 2 nitrogen and oxygen atoms in total. The molecule has 0 aromatic heterocycles. The smallest absolute Gasteiger partial charge is 0.298 e. The van der Waals surface area contributed by atoms with Crippen molar-refractivity contribution < 1.29 is 13.2 Å². The van der Waals surface area contributed by atoms with Crippen LogP contribution in [0.15, 0.2) is 30.3 Å². The number of rotatable bonds is 3. The van der Waals surface area contributed by atoms with Gasteiger partial charge in [0, 0.05) is 24.7 Å². The van der Waals surface area contributed by atoms with Crippen LogP contribution in [0.3, 0.4) is 0 Å². The molecule has 0 radical (unpaired) electrons. The highest BCUT2D eigenvalue weighted by atomic mass is 19.4. The second-order valence-electron chi connectivity index (χ2n) is 7.41. The van der Waals surface area contributed by atoms with E-state index in [0.717, 1.165) is 25.9 Å². The lowest BCUT2D eigenvalue weighted by atomic mass is 9.95. The summed E-state index contributed by atoms with van der Waals surface area (Å²) in [5.74, 6) is 0. The zero-order valence-corrected chi connectivity index (χ0v) is 14.4. The molecule has 23 heavy (non-hydrogen) atoms. The fourth-order valence-electron chi connectivity index (χ4n) is 3.45. The molecule has 5 heteroatoms. The molecular formula is C18H27F3N2. The second kappa shape index (κ2) is 6.81. The van der Waals surface area contributed by atoms with Crippen LogP contribution in [0.1, 0.15) is 45.2 Å². The summed E-state index contributed by atoms with van der Waals surface area (Å²) in [6.45, 7) is 8.15. The molecule has 1 heterocycles. The fourth-order valence-corrected chi connectivity index (χ4v) is 3.45. The third-order valence-electron chi connectivity index (χ3n) is 4.82. The molecule has 0 aliphatic carbocycles. The van der Waals surface area contributed by atoms with E-state index in [4.69, 9.17) is 0 Å². The van der Waals surface area contributed by atoms with Crippen molar-refractivity contribution >= 4 is 0 Å². The Hall–Kier alpha value is -1.07. The maximum atomic E-state index is 13.6. The molecule has 0 amide bonds. The first-order chi connectivity index (χ1) is 10.6. The Morgan fingerprint density at radius 3 is 2.00 bits per heavy atom. The van der Waals surface area contributed by atoms with Gasteiger partial charge in [0.1, 0.15) is 6.04 Å². The van der Waals surface area contributed by atoms with Gasteiger partial charge in [0.05, 0.1) is 0 Å². The topological polar surface area (TPSA) is 6.48 Å². The number of likely N-dealkylation sites (tertiary alicyclic amines) is 1. The standard InChI is InChI=1S/C18H27F3N2/c1-17(2,3)23-12-10-15(11-13-23)22(4)16(18(19,20)21)14-8-6-5-7-9-14/h5-9,15-16H,10-13H2,1-4H3. The van der Waals surface area contributed by atoms with Gasteiger partial charge in [-0.3, -0.25) is 9.80 Å². The molecule has 1 aliphatic heterocycles. The molecule has 130 valence electrons. The first kappa shape index (κ1) is 18.3. The van der Waals surface area contributed by atoms with E-state index in [2.05, 4.69) is 25.7 Å². The van der Waals surface area contributed by atoms with Crippen LogP contribution < -0.4 is 0 Å². The third kappa shape index (κ3) is 4.48. The van der Waals surface area contributed by atoms with Gasteiger partial charge in [-0.2, -0.15) is 13.2 Å². The average molecular weight is 328 g/mol. The van der Waals surface area contributed by atoms with Gasteiger partial charge in [-0.15, -0.1) is 0 Å². The Morgan fingerprint density at radius 1 is 1.04 bits per heavy atom. The van der Waals surface area contributed by atoms with Crippen molar-refractivity contribution in [1.82, 2.24) is 9.80 Å². The lowest BCUT2D eigenvalue weighted by Crippen LogP contribution is -2.52. The predicted molar refractivity (Wildman–Crippen MR) is 87.3 cm³/mol. The highest BCUT2D eigenvalue weighted by molar-refractivity contribution is 5.20. The lowest BCUT2D eigenvalue weighted by molar-refractivity contribution is -0.190. The maximum Gasteiger partial charge on any atom is 0.408 e. The Kier molecular flexibility index (Phi) is 5.41. The molecule has 1 saturated heterocycles. The van der Waals surface area contributed by atoms with E-state index in [1.807, 2.05) is 0 Å². The molecule has 1 aromatic rings. The van der Waals surface area contributed by atoms with E-state index in [1.165, 1.54) is 4.90 Å². The highest BCUT2D eigenvalue weighted by Crippen LogP contribution is 2.39. The molecule has 1 atom stereocenters. The van der Waals surface area contributed by atoms with Crippen molar-refractivity contribution in [2.24, 2.45) is 0 Å². The molecule has 1 fully saturated rings. The van der Waals surface area contributed by atoms with Crippen molar-refractivity contribution in [3.05, 3.63) is 35.9 Å². The average Bonchev–Trinajstić information content (AvgIpc) is 2.46. The van der Waals surface area contributed by atoms with E-state index in [-0.39, 0.29) is 11.6 Å². The molecule has 2 rings (SSSR count). The summed E-state index contributed by atoms with van der Waals surface area (Å²) in [5, 5.41) is 0. The van der Waals surface area contributed by atoms with Crippen LogP contribution in [0.5, 0.6) is 0 Å². The van der Waals surface area contributed by atoms with Gasteiger partial charge in [0.25, 0.3) is 0 Å². The Bertz CT molecular complexity index is 485. The normalized spacial score (nSPS) is 20.0. The molecular weight excluding hydrogens is 301 g/mol. The van der Waals surface area contributed by atoms with Gasteiger partial charge in [-0.05, 0) is 46.2 Å². The van der Waals surface area contributed by atoms with Crippen LogP contribution in [0.25, 0.3) is 0 Å². The van der Waals surface area contributed by atoms with Crippen LogP contribution in [-0.4, -0.2) is 47.7 Å². The summed E-state index contributed by atoms with van der Waals surface area (Å²) in [6.07, 6.45) is -2.72. The molecule has 1 unspecified atom stereocenters. The number of hydrogen-bond acceptors (Lipinski definition) is 2. The monoisotopic (exact) mass is 328 g/mol. The number of piperidine rings is 1. The van der Waals surface area contributed by atoms with Gasteiger partial charge in [-0.1, -0.05) is 30.3 Å². The zero-order chi connectivity index (χ0) is 17.3. The van der Waals surface area contributed by atoms with Crippen molar-refractivity contribution in [2.45, 2.75) is 57.4 Å². The highest BCUT2D eigenvalue weighted by Gasteiger charge is 2.45. The Morgan fingerprint density at radius 2 is 1.57 bits per heavy atom. The van der Waals surface area contributed by atoms with Crippen LogP contribution in [-0.2, 0) is 0 Å². The first-order valence-electron chi connectivity index (χ1n) is 8.19. The quantitative estimate of drug-likeness (QED) is 0.807. The van der Waals surface area contributed by atoms with E-state index in [0.29, 0.717) is 5.56 Å². The minimum atomic E-state index is -4.27. The van der Waals surface area contributed by atoms with E-state index in [9.17, 15) is 13.2 Å². The fraction of sp³-hybridized carbons (Fsp3) is 0.667. The maximum absolute atomic E-state index is 13.6. The molecule has 0 N–H and O–H groups in total. The van der Waals surface area contributed by atoms with Crippen molar-refractivity contribution in [2.75, 3.05) is 20.1 Å². The number of halogens is 3. The Labute approximate surface area is 137 Å². The van der Waals surface area contributed by atoms with E-state index < -0.39 is 12.2 Å². The summed E-state index contributed by atoms with van der Waals surface area (Å²) >= 11 is 0. The van der Waals surface area contributed by atoms with Crippen LogP contribution >= 0.6 is 0 Å². The molecule has 1 aliphatic rings. The minimum Gasteiger partial charge on any atom is -0.298 e. The van der Waals surface area contributed by atoms with E-state index >= 15 is 0 Å². The number of hydrogen-bond donors (Lipinski definition) is 0. The lowest BCUT2D eigenvalue weighted by Gasteiger charge is -2.45. The van der Waals surface area contributed by atoms with Gasteiger partial charge >= 0.3 is 6.18 Å². The SMILES string of the molecule is CN(C1CCN(C(C)(C)C)CC1)C(c1ccccc1)C(F)(F)F. The number of alkyl halides is 3. The van der Waals surface area contributed by atoms with Gasteiger partial charge in [0.15, 0.2) is 0 Å². The summed E-state index contributed by atoms with van der Waals surface area (Å²) in [6, 6.07) is 6.65. The summed E-state index contributed by atoms with van der Waals surface area (Å²) < 4.78 is 40.9. The van der Waals surface area contributed by atoms with Crippen LogP contribution in [0.2, 0.25) is 0 Å². The van der Waals surface area contributed by atoms with Gasteiger partial charge < -0.3 is 0 Å². The van der Waals surface area contributed by atoms with Gasteiger partial charge in [0.2, 0.25) is 0 Å². The molecule has 0 bridgehead atoms. The largest absolute Gasteiger partial charge is 0.408 e. The first-order valence-corrected chi connectivity index (χ1v) is 8.19.